The lowest BCUT2D eigenvalue weighted by Crippen LogP contribution is -2.49. The molecule has 1 amide bonds. The molecule has 1 aliphatic rings. The molecule has 0 bridgehead atoms. The summed E-state index contributed by atoms with van der Waals surface area (Å²) in [5.41, 5.74) is -0.957. The Balaban J connectivity index is 1.54. The fourth-order valence-electron chi connectivity index (χ4n) is 3.65. The Morgan fingerprint density at radius 3 is 2.44 bits per heavy atom. The number of nitrogens with one attached hydrogen (secondary N) is 1. The van der Waals surface area contributed by atoms with Crippen LogP contribution in [0.25, 0.3) is 0 Å². The van der Waals surface area contributed by atoms with Gasteiger partial charge in [-0.15, -0.1) is 0 Å². The van der Waals surface area contributed by atoms with Gasteiger partial charge in [0.15, 0.2) is 0 Å². The van der Waals surface area contributed by atoms with Gasteiger partial charge in [0, 0.05) is 62.9 Å². The second-order valence-corrected chi connectivity index (χ2v) is 8.41. The van der Waals surface area contributed by atoms with E-state index in [1.165, 1.54) is 0 Å². The van der Waals surface area contributed by atoms with Crippen LogP contribution in [0.2, 0.25) is 0 Å². The standard InChI is InChI=1S/C22H27F3N6O3/c1-14(2)21-27-15(3)12-19(28-21)29-8-10-30(11-9-29)20(32)6-7-26-17-5-4-16(22(23,24)25)13-18(17)31(33)34/h4-5,12-14,26H,6-11H2,1-3H3. The number of hydrogen-bond donors (Lipinski definition) is 1. The Kier molecular flexibility index (Phi) is 7.57. The number of aromatic nitrogens is 2. The van der Waals surface area contributed by atoms with E-state index in [1.54, 1.807) is 4.90 Å². The number of alkyl halides is 3. The smallest absolute Gasteiger partial charge is 0.379 e. The molecular weight excluding hydrogens is 453 g/mol. The summed E-state index contributed by atoms with van der Waals surface area (Å²) in [7, 11) is 0. The fraction of sp³-hybridized carbons (Fsp3) is 0.500. The number of rotatable bonds is 7. The van der Waals surface area contributed by atoms with Crippen LogP contribution in [-0.2, 0) is 11.0 Å². The van der Waals surface area contributed by atoms with Crippen molar-refractivity contribution in [3.63, 3.8) is 0 Å². The van der Waals surface area contributed by atoms with Gasteiger partial charge in [0.05, 0.1) is 10.5 Å². The maximum absolute atomic E-state index is 12.8. The molecule has 1 aromatic heterocycles. The molecule has 0 saturated carbocycles. The number of carbonyl (C=O) groups is 1. The van der Waals surface area contributed by atoms with Crippen molar-refractivity contribution in [2.24, 2.45) is 0 Å². The van der Waals surface area contributed by atoms with Gasteiger partial charge in [-0.25, -0.2) is 9.97 Å². The molecule has 1 aliphatic heterocycles. The zero-order valence-corrected chi connectivity index (χ0v) is 19.2. The normalized spacial score (nSPS) is 14.4. The highest BCUT2D eigenvalue weighted by molar-refractivity contribution is 5.77. The van der Waals surface area contributed by atoms with E-state index < -0.39 is 22.4 Å². The number of halogens is 3. The number of nitro benzene ring substituents is 1. The fourth-order valence-corrected chi connectivity index (χ4v) is 3.65. The highest BCUT2D eigenvalue weighted by Gasteiger charge is 2.33. The van der Waals surface area contributed by atoms with E-state index in [0.717, 1.165) is 29.5 Å². The van der Waals surface area contributed by atoms with Crippen LogP contribution in [0, 0.1) is 17.0 Å². The van der Waals surface area contributed by atoms with Crippen molar-refractivity contribution < 1.29 is 22.9 Å². The van der Waals surface area contributed by atoms with Crippen LogP contribution in [0.3, 0.4) is 0 Å². The maximum Gasteiger partial charge on any atom is 0.416 e. The molecule has 34 heavy (non-hydrogen) atoms. The highest BCUT2D eigenvalue weighted by Crippen LogP contribution is 2.35. The first kappa shape index (κ1) is 25.2. The van der Waals surface area contributed by atoms with Crippen molar-refractivity contribution in [3.8, 4) is 0 Å². The number of anilines is 2. The number of piperazine rings is 1. The second-order valence-electron chi connectivity index (χ2n) is 8.41. The molecule has 2 aromatic rings. The highest BCUT2D eigenvalue weighted by atomic mass is 19.4. The summed E-state index contributed by atoms with van der Waals surface area (Å²) in [6, 6.07) is 4.20. The molecule has 12 heteroatoms. The third kappa shape index (κ3) is 6.12. The molecule has 1 fully saturated rings. The Labute approximate surface area is 195 Å². The number of nitro groups is 1. The topological polar surface area (TPSA) is 104 Å². The largest absolute Gasteiger partial charge is 0.416 e. The minimum atomic E-state index is -4.68. The average molecular weight is 480 g/mol. The molecule has 1 aromatic carbocycles. The summed E-state index contributed by atoms with van der Waals surface area (Å²) >= 11 is 0. The SMILES string of the molecule is Cc1cc(N2CCN(C(=O)CCNc3ccc(C(F)(F)F)cc3[N+](=O)[O-])CC2)nc(C(C)C)n1. The number of hydrogen-bond acceptors (Lipinski definition) is 7. The van der Waals surface area contributed by atoms with Crippen molar-refractivity contribution in [3.05, 3.63) is 51.5 Å². The summed E-state index contributed by atoms with van der Waals surface area (Å²) in [6.07, 6.45) is -4.62. The first-order chi connectivity index (χ1) is 16.0. The average Bonchev–Trinajstić information content (AvgIpc) is 2.78. The Morgan fingerprint density at radius 2 is 1.85 bits per heavy atom. The first-order valence-corrected chi connectivity index (χ1v) is 10.9. The lowest BCUT2D eigenvalue weighted by molar-refractivity contribution is -0.384. The third-order valence-corrected chi connectivity index (χ3v) is 5.51. The van der Waals surface area contributed by atoms with Gasteiger partial charge in [-0.05, 0) is 19.1 Å². The van der Waals surface area contributed by atoms with Gasteiger partial charge in [0.2, 0.25) is 5.91 Å². The number of aryl methyl sites for hydroxylation is 1. The number of nitrogens with zero attached hydrogens (tertiary/aromatic N) is 5. The number of carbonyl (C=O) groups excluding carboxylic acids is 1. The molecule has 0 radical (unpaired) electrons. The molecule has 1 N–H and O–H groups in total. The summed E-state index contributed by atoms with van der Waals surface area (Å²) in [6.45, 7) is 8.26. The summed E-state index contributed by atoms with van der Waals surface area (Å²) in [5, 5.41) is 13.9. The van der Waals surface area contributed by atoms with E-state index in [0.29, 0.717) is 32.2 Å². The Morgan fingerprint density at radius 1 is 1.18 bits per heavy atom. The van der Waals surface area contributed by atoms with Crippen molar-refractivity contribution in [1.82, 2.24) is 14.9 Å². The van der Waals surface area contributed by atoms with Crippen molar-refractivity contribution in [2.45, 2.75) is 39.3 Å². The molecule has 1 saturated heterocycles. The minimum Gasteiger partial charge on any atom is -0.379 e. The van der Waals surface area contributed by atoms with Gasteiger partial charge in [-0.3, -0.25) is 14.9 Å². The van der Waals surface area contributed by atoms with Gasteiger partial charge in [0.25, 0.3) is 5.69 Å². The number of amides is 1. The van der Waals surface area contributed by atoms with Crippen LogP contribution in [-0.4, -0.2) is 58.4 Å². The molecule has 184 valence electrons. The summed E-state index contributed by atoms with van der Waals surface area (Å²) < 4.78 is 38.5. The van der Waals surface area contributed by atoms with Crippen LogP contribution in [0.4, 0.5) is 30.4 Å². The maximum atomic E-state index is 12.8. The molecule has 9 nitrogen and oxygen atoms in total. The van der Waals surface area contributed by atoms with Crippen LogP contribution in [0.15, 0.2) is 24.3 Å². The van der Waals surface area contributed by atoms with Crippen LogP contribution >= 0.6 is 0 Å². The molecule has 3 rings (SSSR count). The van der Waals surface area contributed by atoms with E-state index in [1.807, 2.05) is 26.8 Å². The summed E-state index contributed by atoms with van der Waals surface area (Å²) in [4.78, 5) is 35.8. The van der Waals surface area contributed by atoms with Crippen LogP contribution in [0.1, 0.15) is 43.3 Å². The Hall–Kier alpha value is -3.44. The first-order valence-electron chi connectivity index (χ1n) is 10.9. The third-order valence-electron chi connectivity index (χ3n) is 5.51. The molecule has 2 heterocycles. The van der Waals surface area contributed by atoms with E-state index in [9.17, 15) is 28.1 Å². The minimum absolute atomic E-state index is 0.0578. The lowest BCUT2D eigenvalue weighted by Gasteiger charge is -2.35. The summed E-state index contributed by atoms with van der Waals surface area (Å²) in [5.74, 6) is 1.68. The van der Waals surface area contributed by atoms with Gasteiger partial charge < -0.3 is 15.1 Å². The predicted molar refractivity (Wildman–Crippen MR) is 121 cm³/mol. The second kappa shape index (κ2) is 10.2. The number of benzene rings is 1. The molecular formula is C22H27F3N6O3. The zero-order valence-electron chi connectivity index (χ0n) is 19.2. The van der Waals surface area contributed by atoms with Crippen molar-refractivity contribution in [1.29, 1.82) is 0 Å². The van der Waals surface area contributed by atoms with E-state index in [-0.39, 0.29) is 30.5 Å². The van der Waals surface area contributed by atoms with Crippen molar-refractivity contribution in [2.75, 3.05) is 42.9 Å². The van der Waals surface area contributed by atoms with Gasteiger partial charge in [-0.1, -0.05) is 13.8 Å². The zero-order chi connectivity index (χ0) is 25.0. The quantitative estimate of drug-likeness (QED) is 0.472. The van der Waals surface area contributed by atoms with E-state index in [2.05, 4.69) is 20.2 Å². The monoisotopic (exact) mass is 480 g/mol. The van der Waals surface area contributed by atoms with Gasteiger partial charge in [0.1, 0.15) is 17.3 Å². The molecule has 0 atom stereocenters. The van der Waals surface area contributed by atoms with E-state index >= 15 is 0 Å². The Bertz CT molecular complexity index is 1050. The van der Waals surface area contributed by atoms with Crippen LogP contribution < -0.4 is 10.2 Å². The van der Waals surface area contributed by atoms with Crippen molar-refractivity contribution >= 4 is 23.1 Å². The predicted octanol–water partition coefficient (Wildman–Crippen LogP) is 3.99. The molecule has 0 aliphatic carbocycles. The molecule has 0 unspecified atom stereocenters. The van der Waals surface area contributed by atoms with E-state index in [4.69, 9.17) is 0 Å². The van der Waals surface area contributed by atoms with Gasteiger partial charge in [-0.2, -0.15) is 13.2 Å². The van der Waals surface area contributed by atoms with Crippen LogP contribution in [0.5, 0.6) is 0 Å². The van der Waals surface area contributed by atoms with Gasteiger partial charge >= 0.3 is 6.18 Å². The lowest BCUT2D eigenvalue weighted by atomic mass is 10.1. The molecule has 0 spiro atoms.